The van der Waals surface area contributed by atoms with E-state index in [1.165, 1.54) is 5.56 Å². The highest BCUT2D eigenvalue weighted by Crippen LogP contribution is 2.32. The molecule has 0 saturated heterocycles. The van der Waals surface area contributed by atoms with Crippen LogP contribution in [0.3, 0.4) is 0 Å². The van der Waals surface area contributed by atoms with Crippen molar-refractivity contribution in [3.05, 3.63) is 59.2 Å². The zero-order valence-electron chi connectivity index (χ0n) is 14.3. The fourth-order valence-electron chi connectivity index (χ4n) is 3.87. The number of aryl methyl sites for hydroxylation is 1. The van der Waals surface area contributed by atoms with Crippen LogP contribution in [0.15, 0.2) is 42.5 Å². The normalized spacial score (nSPS) is 18.7. The van der Waals surface area contributed by atoms with Crippen molar-refractivity contribution in [1.82, 2.24) is 0 Å². The van der Waals surface area contributed by atoms with Gasteiger partial charge in [0.25, 0.3) is 5.91 Å². The number of amides is 1. The number of nitrogens with zero attached hydrogens (tertiary/aromatic N) is 1. The summed E-state index contributed by atoms with van der Waals surface area (Å²) >= 11 is 0. The van der Waals surface area contributed by atoms with Gasteiger partial charge in [-0.2, -0.15) is 0 Å². The van der Waals surface area contributed by atoms with E-state index in [9.17, 15) is 9.59 Å². The van der Waals surface area contributed by atoms with Crippen LogP contribution in [0, 0.1) is 0 Å². The number of hydrogen-bond donors (Lipinski definition) is 0. The Morgan fingerprint density at radius 3 is 2.84 bits per heavy atom. The molecule has 0 radical (unpaired) electrons. The number of carbonyl (C=O) groups is 2. The summed E-state index contributed by atoms with van der Waals surface area (Å²) in [5, 5.41) is 0. The van der Waals surface area contributed by atoms with Crippen LogP contribution in [0.4, 0.5) is 5.69 Å². The molecular formula is C21H21NO3. The minimum Gasteiger partial charge on any atom is -0.483 e. The molecule has 2 aromatic carbocycles. The Bertz CT molecular complexity index is 843. The SMILES string of the molecule is C[C@H]1CCc2ccccc2N1C(=O)COc1cccc2c1CCC2=O. The summed E-state index contributed by atoms with van der Waals surface area (Å²) in [4.78, 5) is 26.6. The third-order valence-electron chi connectivity index (χ3n) is 5.18. The Labute approximate surface area is 147 Å². The second-order valence-electron chi connectivity index (χ2n) is 6.77. The van der Waals surface area contributed by atoms with E-state index in [1.807, 2.05) is 41.3 Å². The average Bonchev–Trinajstić information content (AvgIpc) is 3.01. The molecule has 0 spiro atoms. The zero-order valence-corrected chi connectivity index (χ0v) is 14.3. The monoisotopic (exact) mass is 335 g/mol. The van der Waals surface area contributed by atoms with Crippen LogP contribution in [0.25, 0.3) is 0 Å². The van der Waals surface area contributed by atoms with Gasteiger partial charge in [0.15, 0.2) is 12.4 Å². The molecule has 2 aliphatic rings. The number of anilines is 1. The molecular weight excluding hydrogens is 314 g/mol. The van der Waals surface area contributed by atoms with Gasteiger partial charge in [-0.15, -0.1) is 0 Å². The fourth-order valence-corrected chi connectivity index (χ4v) is 3.87. The van der Waals surface area contributed by atoms with Crippen molar-refractivity contribution in [3.8, 4) is 5.75 Å². The van der Waals surface area contributed by atoms with E-state index in [2.05, 4.69) is 13.0 Å². The summed E-state index contributed by atoms with van der Waals surface area (Å²) in [5.74, 6) is 0.779. The van der Waals surface area contributed by atoms with E-state index in [0.29, 0.717) is 18.6 Å². The summed E-state index contributed by atoms with van der Waals surface area (Å²) in [6.45, 7) is 2.07. The Balaban J connectivity index is 1.53. The standard InChI is InChI=1S/C21H21NO3/c1-14-9-10-15-5-2-3-7-18(15)22(14)21(24)13-25-20-8-4-6-16-17(20)11-12-19(16)23/h2-8,14H,9-13H2,1H3/t14-/m0/s1. The number of ether oxygens (including phenoxy) is 1. The number of hydrogen-bond acceptors (Lipinski definition) is 3. The van der Waals surface area contributed by atoms with Gasteiger partial charge in [-0.25, -0.2) is 0 Å². The number of Topliss-reactive ketones (excluding diaryl/α,β-unsaturated/α-hetero) is 1. The first-order valence-corrected chi connectivity index (χ1v) is 8.83. The van der Waals surface area contributed by atoms with Crippen LogP contribution in [0.2, 0.25) is 0 Å². The molecule has 25 heavy (non-hydrogen) atoms. The number of ketones is 1. The number of benzene rings is 2. The Hall–Kier alpha value is -2.62. The summed E-state index contributed by atoms with van der Waals surface area (Å²) in [5.41, 5.74) is 3.87. The number of fused-ring (bicyclic) bond motifs is 2. The van der Waals surface area contributed by atoms with Crippen molar-refractivity contribution in [3.63, 3.8) is 0 Å². The van der Waals surface area contributed by atoms with Crippen molar-refractivity contribution in [2.24, 2.45) is 0 Å². The van der Waals surface area contributed by atoms with Crippen molar-refractivity contribution in [2.45, 2.75) is 38.6 Å². The molecule has 1 atom stereocenters. The Morgan fingerprint density at radius 1 is 1.12 bits per heavy atom. The predicted octanol–water partition coefficient (Wildman–Crippen LogP) is 3.56. The van der Waals surface area contributed by atoms with Crippen LogP contribution in [0.5, 0.6) is 5.75 Å². The maximum absolute atomic E-state index is 12.8. The van der Waals surface area contributed by atoms with Crippen LogP contribution in [-0.2, 0) is 17.6 Å². The molecule has 0 fully saturated rings. The molecule has 1 aliphatic heterocycles. The molecule has 1 heterocycles. The summed E-state index contributed by atoms with van der Waals surface area (Å²) in [6.07, 6.45) is 3.18. The first-order valence-electron chi connectivity index (χ1n) is 8.83. The lowest BCUT2D eigenvalue weighted by molar-refractivity contribution is -0.121. The molecule has 4 rings (SSSR count). The molecule has 1 aliphatic carbocycles. The molecule has 0 N–H and O–H groups in total. The first-order chi connectivity index (χ1) is 12.1. The fraction of sp³-hybridized carbons (Fsp3) is 0.333. The molecule has 128 valence electrons. The smallest absolute Gasteiger partial charge is 0.265 e. The van der Waals surface area contributed by atoms with Gasteiger partial charge in [-0.3, -0.25) is 9.59 Å². The number of carbonyl (C=O) groups excluding carboxylic acids is 2. The lowest BCUT2D eigenvalue weighted by atomic mass is 9.96. The molecule has 2 aromatic rings. The largest absolute Gasteiger partial charge is 0.483 e. The van der Waals surface area contributed by atoms with Gasteiger partial charge in [-0.1, -0.05) is 30.3 Å². The van der Waals surface area contributed by atoms with Crippen molar-refractivity contribution < 1.29 is 14.3 Å². The lowest BCUT2D eigenvalue weighted by Crippen LogP contribution is -2.44. The van der Waals surface area contributed by atoms with E-state index in [1.54, 1.807) is 0 Å². The van der Waals surface area contributed by atoms with Crippen LogP contribution in [-0.4, -0.2) is 24.3 Å². The second kappa shape index (κ2) is 6.36. The van der Waals surface area contributed by atoms with Gasteiger partial charge in [0.05, 0.1) is 0 Å². The highest BCUT2D eigenvalue weighted by Gasteiger charge is 2.29. The topological polar surface area (TPSA) is 46.6 Å². The van der Waals surface area contributed by atoms with Crippen LogP contribution >= 0.6 is 0 Å². The minimum atomic E-state index is -0.0402. The minimum absolute atomic E-state index is 0.0106. The van der Waals surface area contributed by atoms with Gasteiger partial charge in [0.2, 0.25) is 0 Å². The zero-order chi connectivity index (χ0) is 17.4. The molecule has 0 aromatic heterocycles. The number of para-hydroxylation sites is 1. The highest BCUT2D eigenvalue weighted by molar-refractivity contribution is 6.01. The van der Waals surface area contributed by atoms with E-state index < -0.39 is 0 Å². The quantitative estimate of drug-likeness (QED) is 0.861. The predicted molar refractivity (Wildman–Crippen MR) is 96.3 cm³/mol. The Kier molecular flexibility index (Phi) is 4.04. The van der Waals surface area contributed by atoms with E-state index in [0.717, 1.165) is 29.7 Å². The molecule has 0 saturated carbocycles. The highest BCUT2D eigenvalue weighted by atomic mass is 16.5. The number of rotatable bonds is 3. The second-order valence-corrected chi connectivity index (χ2v) is 6.77. The van der Waals surface area contributed by atoms with Crippen LogP contribution < -0.4 is 9.64 Å². The van der Waals surface area contributed by atoms with Crippen molar-refractivity contribution >= 4 is 17.4 Å². The maximum Gasteiger partial charge on any atom is 0.265 e. The lowest BCUT2D eigenvalue weighted by Gasteiger charge is -2.35. The Morgan fingerprint density at radius 2 is 1.96 bits per heavy atom. The van der Waals surface area contributed by atoms with Crippen molar-refractivity contribution in [1.29, 1.82) is 0 Å². The van der Waals surface area contributed by atoms with E-state index in [-0.39, 0.29) is 24.3 Å². The molecule has 4 nitrogen and oxygen atoms in total. The molecule has 1 amide bonds. The molecule has 0 unspecified atom stereocenters. The van der Waals surface area contributed by atoms with Gasteiger partial charge >= 0.3 is 0 Å². The molecule has 4 heteroatoms. The van der Waals surface area contributed by atoms with Crippen molar-refractivity contribution in [2.75, 3.05) is 11.5 Å². The van der Waals surface area contributed by atoms with E-state index >= 15 is 0 Å². The third kappa shape index (κ3) is 2.82. The third-order valence-corrected chi connectivity index (χ3v) is 5.18. The van der Waals surface area contributed by atoms with Gasteiger partial charge in [-0.05, 0) is 43.9 Å². The summed E-state index contributed by atoms with van der Waals surface area (Å²) in [7, 11) is 0. The van der Waals surface area contributed by atoms with Crippen LogP contribution in [0.1, 0.15) is 41.3 Å². The molecule has 0 bridgehead atoms. The summed E-state index contributed by atoms with van der Waals surface area (Å²) in [6, 6.07) is 13.7. The van der Waals surface area contributed by atoms with Gasteiger partial charge < -0.3 is 9.64 Å². The average molecular weight is 335 g/mol. The summed E-state index contributed by atoms with van der Waals surface area (Å²) < 4.78 is 5.83. The maximum atomic E-state index is 12.8. The van der Waals surface area contributed by atoms with E-state index in [4.69, 9.17) is 4.74 Å². The van der Waals surface area contributed by atoms with Gasteiger partial charge in [0, 0.05) is 29.3 Å². The first kappa shape index (κ1) is 15.9. The van der Waals surface area contributed by atoms with Gasteiger partial charge in [0.1, 0.15) is 5.75 Å².